The number of carbonyl (C=O) groups is 1. The Labute approximate surface area is 122 Å². The van der Waals surface area contributed by atoms with E-state index in [0.29, 0.717) is 12.2 Å². The first-order chi connectivity index (χ1) is 6.74. The van der Waals surface area contributed by atoms with Gasteiger partial charge in [-0.2, -0.15) is 0 Å². The predicted octanol–water partition coefficient (Wildman–Crippen LogP) is 2.19. The van der Waals surface area contributed by atoms with Crippen LogP contribution in [0.5, 0.6) is 5.75 Å². The Kier molecular flexibility index (Phi) is 7.83. The second-order valence-corrected chi connectivity index (χ2v) is 3.04. The molecule has 1 aromatic rings. The van der Waals surface area contributed by atoms with Crippen molar-refractivity contribution >= 4 is 43.7 Å². The first kappa shape index (κ1) is 14.7. The van der Waals surface area contributed by atoms with Crippen LogP contribution < -0.4 is 0 Å². The van der Waals surface area contributed by atoms with Gasteiger partial charge in [0.2, 0.25) is 0 Å². The van der Waals surface area contributed by atoms with Crippen molar-refractivity contribution in [3.05, 3.63) is 29.8 Å². The van der Waals surface area contributed by atoms with Crippen LogP contribution in [0.25, 0.3) is 0 Å². The molecule has 0 aliphatic heterocycles. The van der Waals surface area contributed by atoms with E-state index in [1.165, 1.54) is 12.1 Å². The molecule has 0 aliphatic rings. The number of ether oxygens (including phenoxy) is 1. The van der Waals surface area contributed by atoms with Gasteiger partial charge in [0.15, 0.2) is 0 Å². The van der Waals surface area contributed by atoms with E-state index in [1.807, 2.05) is 6.92 Å². The zero-order valence-electron chi connectivity index (χ0n) is 10.9. The quantitative estimate of drug-likeness (QED) is 0.495. The van der Waals surface area contributed by atoms with Crippen LogP contribution in [0.2, 0.25) is 0 Å². The molecule has 15 heavy (non-hydrogen) atoms. The predicted molar refractivity (Wildman–Crippen MR) is 61.3 cm³/mol. The van der Waals surface area contributed by atoms with E-state index in [1.54, 1.807) is 12.1 Å². The fraction of sp³-hybridized carbons (Fsp3) is 0.364. The maximum absolute atomic E-state index is 11.3. The average Bonchev–Trinajstić information content (AvgIpc) is 2.19. The van der Waals surface area contributed by atoms with Crippen LogP contribution in [0.15, 0.2) is 24.3 Å². The van der Waals surface area contributed by atoms with Crippen LogP contribution in [-0.4, -0.2) is 55.4 Å². The summed E-state index contributed by atoms with van der Waals surface area (Å²) in [6.07, 6.45) is 1.88. The van der Waals surface area contributed by atoms with Gasteiger partial charge in [0.1, 0.15) is 5.75 Å². The standard InChI is InChI=1S/C11H14O3.Ca.2H/c1-2-3-8-14-11(13)9-4-6-10(12)7-5-9;;;/h4-7,12H,2-3,8H2,1H3;;;/q;+2;2*-1. The molecule has 4 heteroatoms. The summed E-state index contributed by atoms with van der Waals surface area (Å²) >= 11 is 0. The van der Waals surface area contributed by atoms with Crippen LogP contribution in [0, 0.1) is 0 Å². The number of benzene rings is 1. The summed E-state index contributed by atoms with van der Waals surface area (Å²) in [5, 5.41) is 9.00. The zero-order valence-corrected chi connectivity index (χ0v) is 11.1. The molecule has 0 saturated carbocycles. The number of unbranched alkanes of at least 4 members (excludes halogenated alkanes) is 1. The van der Waals surface area contributed by atoms with Gasteiger partial charge in [0.25, 0.3) is 0 Å². The summed E-state index contributed by atoms with van der Waals surface area (Å²) in [5.41, 5.74) is 0.471. The smallest absolute Gasteiger partial charge is 1.00 e. The molecule has 1 N–H and O–H groups in total. The first-order valence-electron chi connectivity index (χ1n) is 4.70. The third kappa shape index (κ3) is 5.40. The summed E-state index contributed by atoms with van der Waals surface area (Å²) in [6, 6.07) is 6.03. The Morgan fingerprint density at radius 3 is 2.53 bits per heavy atom. The van der Waals surface area contributed by atoms with Crippen LogP contribution in [-0.2, 0) is 4.74 Å². The SMILES string of the molecule is CCCCOC(=O)c1ccc(O)cc1.[Ca+2].[H-].[H-]. The Morgan fingerprint density at radius 2 is 2.00 bits per heavy atom. The number of rotatable bonds is 4. The molecule has 0 radical (unpaired) electrons. The van der Waals surface area contributed by atoms with E-state index in [9.17, 15) is 4.79 Å². The van der Waals surface area contributed by atoms with Gasteiger partial charge in [-0.3, -0.25) is 0 Å². The van der Waals surface area contributed by atoms with Crippen LogP contribution >= 0.6 is 0 Å². The molecule has 80 valence electrons. The molecule has 0 unspecified atom stereocenters. The van der Waals surface area contributed by atoms with Crippen molar-refractivity contribution in [1.82, 2.24) is 0 Å². The maximum Gasteiger partial charge on any atom is 2.00 e. The van der Waals surface area contributed by atoms with Crippen molar-refractivity contribution in [2.75, 3.05) is 6.61 Å². The van der Waals surface area contributed by atoms with Gasteiger partial charge in [0, 0.05) is 0 Å². The monoisotopic (exact) mass is 236 g/mol. The topological polar surface area (TPSA) is 46.5 Å². The fourth-order valence-electron chi connectivity index (χ4n) is 0.990. The molecule has 1 aromatic carbocycles. The minimum Gasteiger partial charge on any atom is -1.00 e. The molecule has 0 spiro atoms. The van der Waals surface area contributed by atoms with Crippen LogP contribution in [0.1, 0.15) is 33.0 Å². The number of phenols is 1. The van der Waals surface area contributed by atoms with Gasteiger partial charge in [0.05, 0.1) is 12.2 Å². The summed E-state index contributed by atoms with van der Waals surface area (Å²) in [4.78, 5) is 11.3. The molecular formula is C11H16CaO3. The molecule has 0 saturated heterocycles. The number of esters is 1. The molecule has 0 fully saturated rings. The van der Waals surface area contributed by atoms with E-state index in [-0.39, 0.29) is 52.3 Å². The Bertz CT molecular complexity index is 304. The summed E-state index contributed by atoms with van der Waals surface area (Å²) in [7, 11) is 0. The molecule has 0 heterocycles. The maximum atomic E-state index is 11.3. The molecule has 1 rings (SSSR count). The van der Waals surface area contributed by atoms with Gasteiger partial charge in [-0.15, -0.1) is 0 Å². The summed E-state index contributed by atoms with van der Waals surface area (Å²) in [6.45, 7) is 2.49. The molecule has 0 bridgehead atoms. The number of hydrogen-bond donors (Lipinski definition) is 1. The molecule has 0 aromatic heterocycles. The van der Waals surface area contributed by atoms with Crippen molar-refractivity contribution in [2.24, 2.45) is 0 Å². The van der Waals surface area contributed by atoms with E-state index in [0.717, 1.165) is 12.8 Å². The molecule has 0 amide bonds. The third-order valence-corrected chi connectivity index (χ3v) is 1.83. The third-order valence-electron chi connectivity index (χ3n) is 1.83. The molecule has 0 aliphatic carbocycles. The van der Waals surface area contributed by atoms with E-state index in [2.05, 4.69) is 0 Å². The van der Waals surface area contributed by atoms with Crippen molar-refractivity contribution in [1.29, 1.82) is 0 Å². The summed E-state index contributed by atoms with van der Waals surface area (Å²) < 4.78 is 4.99. The minimum atomic E-state index is -0.335. The Balaban J connectivity index is -0.000000653. The van der Waals surface area contributed by atoms with Crippen molar-refractivity contribution in [2.45, 2.75) is 19.8 Å². The second-order valence-electron chi connectivity index (χ2n) is 3.04. The van der Waals surface area contributed by atoms with Crippen molar-refractivity contribution < 1.29 is 17.5 Å². The van der Waals surface area contributed by atoms with E-state index in [4.69, 9.17) is 9.84 Å². The normalized spacial score (nSPS) is 9.13. The number of aromatic hydroxyl groups is 1. The number of carbonyl (C=O) groups excluding carboxylic acids is 1. The van der Waals surface area contributed by atoms with Crippen molar-refractivity contribution in [3.8, 4) is 5.75 Å². The van der Waals surface area contributed by atoms with Gasteiger partial charge in [-0.1, -0.05) is 13.3 Å². The van der Waals surface area contributed by atoms with Crippen molar-refractivity contribution in [3.63, 3.8) is 0 Å². The first-order valence-corrected chi connectivity index (χ1v) is 4.70. The minimum absolute atomic E-state index is 0. The number of hydrogen-bond acceptors (Lipinski definition) is 3. The summed E-state index contributed by atoms with van der Waals surface area (Å²) in [5.74, 6) is -0.187. The van der Waals surface area contributed by atoms with E-state index >= 15 is 0 Å². The molecular weight excluding hydrogens is 220 g/mol. The van der Waals surface area contributed by atoms with Crippen LogP contribution in [0.4, 0.5) is 0 Å². The molecule has 0 atom stereocenters. The average molecular weight is 236 g/mol. The van der Waals surface area contributed by atoms with E-state index < -0.39 is 0 Å². The largest absolute Gasteiger partial charge is 2.00 e. The van der Waals surface area contributed by atoms with Crippen LogP contribution in [0.3, 0.4) is 0 Å². The van der Waals surface area contributed by atoms with Gasteiger partial charge < -0.3 is 12.7 Å². The Morgan fingerprint density at radius 1 is 1.40 bits per heavy atom. The second kappa shape index (κ2) is 7.97. The fourth-order valence-corrected chi connectivity index (χ4v) is 0.990. The Hall–Kier alpha value is -0.250. The zero-order chi connectivity index (χ0) is 10.4. The molecule has 3 nitrogen and oxygen atoms in total. The number of phenolic OH excluding ortho intramolecular Hbond substituents is 1. The van der Waals surface area contributed by atoms with Gasteiger partial charge in [-0.05, 0) is 30.7 Å². The van der Waals surface area contributed by atoms with Gasteiger partial charge in [-0.25, -0.2) is 4.79 Å². The van der Waals surface area contributed by atoms with Gasteiger partial charge >= 0.3 is 43.7 Å².